The van der Waals surface area contributed by atoms with Crippen molar-refractivity contribution in [1.82, 2.24) is 40.4 Å². The molecule has 296 valence electrons. The van der Waals surface area contributed by atoms with Gasteiger partial charge >= 0.3 is 6.09 Å². The third kappa shape index (κ3) is 7.58. The molecule has 8 rings (SSSR count). The minimum Gasteiger partial charge on any atom is -0.465 e. The van der Waals surface area contributed by atoms with Crippen LogP contribution in [0.1, 0.15) is 86.0 Å². The van der Waals surface area contributed by atoms with E-state index in [1.165, 1.54) is 0 Å². The molecule has 0 spiro atoms. The Labute approximate surface area is 341 Å². The van der Waals surface area contributed by atoms with Gasteiger partial charge in [0.05, 0.1) is 50.0 Å². The molecule has 5 N–H and O–H groups in total. The normalized spacial score (nSPS) is 17.6. The lowest BCUT2D eigenvalue weighted by Crippen LogP contribution is -2.51. The monoisotopic (exact) mass is 816 g/mol. The van der Waals surface area contributed by atoms with Gasteiger partial charge in [-0.05, 0) is 55.4 Å². The van der Waals surface area contributed by atoms with E-state index in [4.69, 9.17) is 9.97 Å². The maximum atomic E-state index is 13.8. The molecule has 4 atom stereocenters. The molecule has 16 heteroatoms. The zero-order chi connectivity index (χ0) is 40.5. The Bertz CT molecular complexity index is 2600. The van der Waals surface area contributed by atoms with Gasteiger partial charge in [-0.1, -0.05) is 56.0 Å². The fourth-order valence-electron chi connectivity index (χ4n) is 7.87. The second kappa shape index (κ2) is 16.3. The number of nitrogens with one attached hydrogen (secondary N) is 4. The van der Waals surface area contributed by atoms with E-state index < -0.39 is 24.1 Å². The number of carbonyl (C=O) groups is 5. The highest BCUT2D eigenvalue weighted by molar-refractivity contribution is 7.27. The molecule has 4 amide bonds. The lowest BCUT2D eigenvalue weighted by atomic mass is 10.0. The van der Waals surface area contributed by atoms with E-state index in [0.29, 0.717) is 36.7 Å². The van der Waals surface area contributed by atoms with Crippen molar-refractivity contribution in [2.75, 3.05) is 13.1 Å². The van der Waals surface area contributed by atoms with Crippen molar-refractivity contribution in [1.29, 1.82) is 0 Å². The molecular formula is C42H40N8O6S2. The predicted octanol–water partition coefficient (Wildman–Crippen LogP) is 6.30. The number of rotatable bonds is 10. The Hall–Kier alpha value is -6.31. The third-order valence-corrected chi connectivity index (χ3v) is 12.9. The van der Waals surface area contributed by atoms with Crippen LogP contribution >= 0.6 is 22.7 Å². The second-order valence-electron chi connectivity index (χ2n) is 14.8. The standard InChI is InChI=1S/C42H40N8O6S2/c1-23(2)34(47-33(52)20-51)40(53)50-17-7-11-32(50)39-44-28-15-13-24(18-29(28)45-39)12-14-26-21-57-37-27(22-58-36(26)37)30-19-43-38(46-30)31-10-6-16-49(31)41(54)35(48-42(55)56)25-8-4-3-5-9-25/h3-5,8-9,13,15,18-23,31-32,34-35,48H,6-7,10-11,16-17H2,1-2H3,(H,43,46)(H,44,45)(H,47,52)(H,55,56)/t31?,32?,34-,35-/m1/s1. The summed E-state index contributed by atoms with van der Waals surface area (Å²) in [5, 5.41) is 18.6. The summed E-state index contributed by atoms with van der Waals surface area (Å²) < 4.78 is 2.14. The number of benzene rings is 2. The van der Waals surface area contributed by atoms with Crippen LogP contribution in [0.5, 0.6) is 0 Å². The summed E-state index contributed by atoms with van der Waals surface area (Å²) in [6, 6.07) is 12.2. The fraction of sp³-hybridized carbons (Fsp3) is 0.310. The molecule has 0 saturated carbocycles. The number of imidazole rings is 2. The molecule has 0 bridgehead atoms. The number of H-pyrrole nitrogens is 2. The van der Waals surface area contributed by atoms with Crippen LogP contribution in [0.2, 0.25) is 0 Å². The zero-order valence-corrected chi connectivity index (χ0v) is 33.3. The smallest absolute Gasteiger partial charge is 0.405 e. The van der Waals surface area contributed by atoms with Gasteiger partial charge in [0.15, 0.2) is 0 Å². The molecule has 58 heavy (non-hydrogen) atoms. The van der Waals surface area contributed by atoms with Crippen molar-refractivity contribution in [2.45, 2.75) is 63.7 Å². The van der Waals surface area contributed by atoms with E-state index in [-0.39, 0.29) is 36.1 Å². The maximum absolute atomic E-state index is 13.8. The van der Waals surface area contributed by atoms with Gasteiger partial charge in [-0.3, -0.25) is 19.2 Å². The SMILES string of the molecule is CC(C)[C@@H](NC(=O)C=O)C(=O)N1CCCC1c1nc2cc(C#Cc3csc4c(-c5cnc(C6CCCN6C(=O)[C@H](NC(=O)O)c6ccccc6)[nH]5)csc34)ccc2[nH]1. The number of fused-ring (bicyclic) bond motifs is 2. The van der Waals surface area contributed by atoms with Crippen molar-refractivity contribution < 1.29 is 29.1 Å². The Kier molecular flexibility index (Phi) is 10.8. The molecular weight excluding hydrogens is 777 g/mol. The Morgan fingerprint density at radius 2 is 1.62 bits per heavy atom. The van der Waals surface area contributed by atoms with E-state index >= 15 is 0 Å². The molecule has 2 saturated heterocycles. The molecule has 0 radical (unpaired) electrons. The first-order valence-corrected chi connectivity index (χ1v) is 20.8. The van der Waals surface area contributed by atoms with Crippen molar-refractivity contribution >= 4 is 73.2 Å². The van der Waals surface area contributed by atoms with Crippen LogP contribution in [0.4, 0.5) is 4.79 Å². The lowest BCUT2D eigenvalue weighted by Gasteiger charge is -2.29. The molecule has 2 fully saturated rings. The van der Waals surface area contributed by atoms with Gasteiger partial charge in [-0.15, -0.1) is 22.7 Å². The first-order valence-electron chi connectivity index (χ1n) is 19.1. The fourth-order valence-corrected chi connectivity index (χ4v) is 10.2. The van der Waals surface area contributed by atoms with Crippen LogP contribution in [-0.4, -0.2) is 84.1 Å². The summed E-state index contributed by atoms with van der Waals surface area (Å²) in [6.45, 7) is 4.70. The van der Waals surface area contributed by atoms with Crippen LogP contribution in [0.25, 0.3) is 31.7 Å². The number of likely N-dealkylation sites (tertiary alicyclic amines) is 2. The number of aromatic amines is 2. The number of hydrogen-bond donors (Lipinski definition) is 5. The minimum absolute atomic E-state index is 0.185. The first kappa shape index (κ1) is 38.6. The van der Waals surface area contributed by atoms with Crippen LogP contribution in [-0.2, 0) is 19.2 Å². The molecule has 4 aromatic heterocycles. The average Bonchev–Trinajstić information content (AvgIpc) is 4.08. The number of aromatic nitrogens is 4. The summed E-state index contributed by atoms with van der Waals surface area (Å²) in [6.07, 6.45) is 3.70. The van der Waals surface area contributed by atoms with Gasteiger partial charge in [-0.2, -0.15) is 0 Å². The highest BCUT2D eigenvalue weighted by Crippen LogP contribution is 2.41. The topological polar surface area (TPSA) is 193 Å². The zero-order valence-electron chi connectivity index (χ0n) is 31.7. The molecule has 2 aromatic carbocycles. The number of amides is 4. The number of carbonyl (C=O) groups excluding carboxylic acids is 4. The summed E-state index contributed by atoms with van der Waals surface area (Å²) in [7, 11) is 0. The molecule has 6 heterocycles. The first-order chi connectivity index (χ1) is 28.1. The van der Waals surface area contributed by atoms with E-state index in [1.807, 2.05) is 43.5 Å². The predicted molar refractivity (Wildman–Crippen MR) is 220 cm³/mol. The van der Waals surface area contributed by atoms with Crippen molar-refractivity contribution in [3.8, 4) is 23.1 Å². The number of hydrogen-bond acceptors (Lipinski definition) is 9. The van der Waals surface area contributed by atoms with Crippen LogP contribution in [0, 0.1) is 17.8 Å². The average molecular weight is 817 g/mol. The molecule has 6 aromatic rings. The van der Waals surface area contributed by atoms with Gasteiger partial charge in [0.25, 0.3) is 11.8 Å². The summed E-state index contributed by atoms with van der Waals surface area (Å²) in [4.78, 5) is 81.7. The summed E-state index contributed by atoms with van der Waals surface area (Å²) in [5.41, 5.74) is 5.67. The Balaban J connectivity index is 0.982. The number of aldehydes is 1. The lowest BCUT2D eigenvalue weighted by molar-refractivity contribution is -0.140. The van der Waals surface area contributed by atoms with E-state index in [2.05, 4.69) is 37.8 Å². The van der Waals surface area contributed by atoms with E-state index in [9.17, 15) is 29.1 Å². The summed E-state index contributed by atoms with van der Waals surface area (Å²) in [5.74, 6) is 6.42. The maximum Gasteiger partial charge on any atom is 0.405 e. The van der Waals surface area contributed by atoms with Crippen molar-refractivity contribution in [2.24, 2.45) is 5.92 Å². The Morgan fingerprint density at radius 3 is 2.34 bits per heavy atom. The molecule has 2 aliphatic rings. The van der Waals surface area contributed by atoms with Crippen LogP contribution in [0.15, 0.2) is 65.5 Å². The van der Waals surface area contributed by atoms with Crippen molar-refractivity contribution in [3.63, 3.8) is 0 Å². The minimum atomic E-state index is -1.27. The van der Waals surface area contributed by atoms with E-state index in [0.717, 1.165) is 62.1 Å². The second-order valence-corrected chi connectivity index (χ2v) is 16.5. The summed E-state index contributed by atoms with van der Waals surface area (Å²) >= 11 is 3.21. The van der Waals surface area contributed by atoms with Gasteiger partial charge in [0.1, 0.15) is 23.7 Å². The third-order valence-electron chi connectivity index (χ3n) is 10.7. The highest BCUT2D eigenvalue weighted by atomic mass is 32.1. The Morgan fingerprint density at radius 1 is 0.897 bits per heavy atom. The molecule has 0 aliphatic carbocycles. The quantitative estimate of drug-likeness (QED) is 0.0604. The largest absolute Gasteiger partial charge is 0.465 e. The molecule has 2 aliphatic heterocycles. The van der Waals surface area contributed by atoms with Gasteiger partial charge in [0, 0.05) is 35.0 Å². The molecule has 2 unspecified atom stereocenters. The van der Waals surface area contributed by atoms with Crippen LogP contribution < -0.4 is 10.6 Å². The van der Waals surface area contributed by atoms with Gasteiger partial charge in [0.2, 0.25) is 12.2 Å². The van der Waals surface area contributed by atoms with E-state index in [1.54, 1.807) is 62.9 Å². The van der Waals surface area contributed by atoms with Crippen LogP contribution in [0.3, 0.4) is 0 Å². The van der Waals surface area contributed by atoms with Gasteiger partial charge < -0.3 is 35.5 Å². The van der Waals surface area contributed by atoms with Gasteiger partial charge in [-0.25, -0.2) is 14.8 Å². The highest BCUT2D eigenvalue weighted by Gasteiger charge is 2.38. The van der Waals surface area contributed by atoms with Crippen molar-refractivity contribution in [3.05, 3.63) is 93.8 Å². The number of nitrogens with zero attached hydrogens (tertiary/aromatic N) is 4. The molecule has 14 nitrogen and oxygen atoms in total. The number of carboxylic acid groups (broad SMARTS) is 1. The number of thiophene rings is 2.